The molecule has 1 aromatic carbocycles. The molecule has 23 heavy (non-hydrogen) atoms. The summed E-state index contributed by atoms with van der Waals surface area (Å²) in [6, 6.07) is 7.75. The van der Waals surface area contributed by atoms with E-state index in [9.17, 15) is 4.79 Å². The zero-order valence-corrected chi connectivity index (χ0v) is 12.5. The highest BCUT2D eigenvalue weighted by Gasteiger charge is 2.62. The SMILES string of the molecule is Cc1[nH]nc2c1[C@]1(C(=O)N2C)c2ccccc2-c2oc(N)nc21. The molecule has 1 amide bonds. The van der Waals surface area contributed by atoms with E-state index in [1.807, 2.05) is 31.2 Å². The highest BCUT2D eigenvalue weighted by Crippen LogP contribution is 2.58. The van der Waals surface area contributed by atoms with Crippen LogP contribution >= 0.6 is 0 Å². The minimum Gasteiger partial charge on any atom is -0.423 e. The summed E-state index contributed by atoms with van der Waals surface area (Å²) in [5.74, 6) is 1.09. The number of nitrogens with one attached hydrogen (secondary N) is 1. The number of carbonyl (C=O) groups excluding carboxylic acids is 1. The second-order valence-corrected chi connectivity index (χ2v) is 5.94. The van der Waals surface area contributed by atoms with Gasteiger partial charge in [-0.1, -0.05) is 24.3 Å². The first-order chi connectivity index (χ1) is 11.1. The minimum atomic E-state index is -1.03. The number of nitrogens with zero attached hydrogens (tertiary/aromatic N) is 3. The van der Waals surface area contributed by atoms with Crippen LogP contribution in [0.15, 0.2) is 28.7 Å². The van der Waals surface area contributed by atoms with Gasteiger partial charge in [0.2, 0.25) is 5.91 Å². The number of carbonyl (C=O) groups is 1. The number of aromatic nitrogens is 3. The number of hydrogen-bond donors (Lipinski definition) is 2. The Kier molecular flexibility index (Phi) is 1.96. The predicted molar refractivity (Wildman–Crippen MR) is 83.0 cm³/mol. The predicted octanol–water partition coefficient (Wildman–Crippen LogP) is 1.58. The van der Waals surface area contributed by atoms with Gasteiger partial charge in [0.1, 0.15) is 5.69 Å². The van der Waals surface area contributed by atoms with Gasteiger partial charge in [0.05, 0.1) is 0 Å². The van der Waals surface area contributed by atoms with E-state index in [1.54, 1.807) is 11.9 Å². The highest BCUT2D eigenvalue weighted by atomic mass is 16.4. The summed E-state index contributed by atoms with van der Waals surface area (Å²) in [6.45, 7) is 1.91. The number of benzene rings is 1. The number of fused-ring (bicyclic) bond motifs is 7. The largest absolute Gasteiger partial charge is 0.423 e. The Morgan fingerprint density at radius 2 is 2.13 bits per heavy atom. The molecule has 2 aromatic heterocycles. The van der Waals surface area contributed by atoms with E-state index in [2.05, 4.69) is 15.2 Å². The van der Waals surface area contributed by atoms with Crippen LogP contribution in [0, 0.1) is 6.92 Å². The van der Waals surface area contributed by atoms with Crippen molar-refractivity contribution < 1.29 is 9.21 Å². The molecule has 3 heterocycles. The molecule has 0 bridgehead atoms. The van der Waals surface area contributed by atoms with Crippen LogP contribution in [0.25, 0.3) is 11.3 Å². The summed E-state index contributed by atoms with van der Waals surface area (Å²) in [7, 11) is 1.72. The van der Waals surface area contributed by atoms with Gasteiger partial charge in [-0.2, -0.15) is 10.1 Å². The van der Waals surface area contributed by atoms with Crippen molar-refractivity contribution in [1.82, 2.24) is 15.2 Å². The molecule has 1 atom stereocenters. The molecular formula is C16H13N5O2. The van der Waals surface area contributed by atoms with Crippen molar-refractivity contribution in [3.8, 4) is 11.3 Å². The van der Waals surface area contributed by atoms with E-state index in [4.69, 9.17) is 10.2 Å². The highest BCUT2D eigenvalue weighted by molar-refractivity contribution is 6.15. The molecule has 1 spiro atoms. The summed E-state index contributed by atoms with van der Waals surface area (Å²) in [4.78, 5) is 19.2. The van der Waals surface area contributed by atoms with Gasteiger partial charge in [-0.15, -0.1) is 0 Å². The maximum absolute atomic E-state index is 13.3. The molecule has 3 aromatic rings. The van der Waals surface area contributed by atoms with Gasteiger partial charge in [-0.25, -0.2) is 0 Å². The quantitative estimate of drug-likeness (QED) is 0.656. The molecule has 2 aliphatic rings. The van der Waals surface area contributed by atoms with Crippen molar-refractivity contribution in [2.24, 2.45) is 0 Å². The van der Waals surface area contributed by atoms with Crippen LogP contribution in [0.1, 0.15) is 22.5 Å². The van der Waals surface area contributed by atoms with Gasteiger partial charge in [-0.05, 0) is 12.5 Å². The molecular weight excluding hydrogens is 294 g/mol. The number of amides is 1. The molecule has 3 N–H and O–H groups in total. The molecule has 0 radical (unpaired) electrons. The zero-order valence-electron chi connectivity index (χ0n) is 12.5. The molecule has 5 rings (SSSR count). The Labute approximate surface area is 131 Å². The lowest BCUT2D eigenvalue weighted by atomic mass is 9.75. The average molecular weight is 307 g/mol. The van der Waals surface area contributed by atoms with Crippen LogP contribution in [0.5, 0.6) is 0 Å². The second-order valence-electron chi connectivity index (χ2n) is 5.94. The van der Waals surface area contributed by atoms with Crippen molar-refractivity contribution in [2.75, 3.05) is 17.7 Å². The Balaban J connectivity index is 2.00. The summed E-state index contributed by atoms with van der Waals surface area (Å²) < 4.78 is 5.62. The lowest BCUT2D eigenvalue weighted by molar-refractivity contribution is -0.120. The van der Waals surface area contributed by atoms with Crippen molar-refractivity contribution in [3.63, 3.8) is 0 Å². The van der Waals surface area contributed by atoms with E-state index in [0.717, 1.165) is 22.4 Å². The Morgan fingerprint density at radius 3 is 2.96 bits per heavy atom. The van der Waals surface area contributed by atoms with Gasteiger partial charge >= 0.3 is 0 Å². The Hall–Kier alpha value is -3.09. The normalized spacial score (nSPS) is 21.0. The standard InChI is InChI=1S/C16H13N5O2/c1-7-10-13(20-19-7)21(2)14(22)16(10)9-6-4-3-5-8(9)11-12(16)18-15(17)23-11/h3-6H,1-2H3,(H2,17,18)(H,19,20)/t16-/m1/s1. The van der Waals surface area contributed by atoms with Crippen LogP contribution < -0.4 is 10.6 Å². The average Bonchev–Trinajstić information content (AvgIpc) is 3.22. The van der Waals surface area contributed by atoms with Gasteiger partial charge in [0.15, 0.2) is 17.0 Å². The molecule has 0 saturated carbocycles. The number of likely N-dealkylation sites (N-methyl/N-ethyl adjacent to an activating group) is 1. The maximum atomic E-state index is 13.3. The number of aromatic amines is 1. The third-order valence-electron chi connectivity index (χ3n) is 4.82. The van der Waals surface area contributed by atoms with Crippen molar-refractivity contribution in [2.45, 2.75) is 12.3 Å². The summed E-state index contributed by atoms with van der Waals surface area (Å²) in [5.41, 5.74) is 8.67. The van der Waals surface area contributed by atoms with Gasteiger partial charge in [-0.3, -0.25) is 14.8 Å². The van der Waals surface area contributed by atoms with E-state index in [0.29, 0.717) is 17.3 Å². The van der Waals surface area contributed by atoms with Gasteiger partial charge in [0, 0.05) is 23.9 Å². The molecule has 7 nitrogen and oxygen atoms in total. The first-order valence-corrected chi connectivity index (χ1v) is 7.27. The van der Waals surface area contributed by atoms with Gasteiger partial charge in [0.25, 0.3) is 6.01 Å². The van der Waals surface area contributed by atoms with Crippen molar-refractivity contribution in [1.29, 1.82) is 0 Å². The fourth-order valence-corrected chi connectivity index (χ4v) is 3.94. The fraction of sp³-hybridized carbons (Fsp3) is 0.188. The first-order valence-electron chi connectivity index (χ1n) is 7.27. The van der Waals surface area contributed by atoms with E-state index in [1.165, 1.54) is 0 Å². The van der Waals surface area contributed by atoms with Gasteiger partial charge < -0.3 is 10.2 Å². The van der Waals surface area contributed by atoms with Crippen LogP contribution in [0.2, 0.25) is 0 Å². The molecule has 1 aliphatic carbocycles. The number of rotatable bonds is 0. The third kappa shape index (κ3) is 1.14. The number of anilines is 2. The number of hydrogen-bond acceptors (Lipinski definition) is 5. The lowest BCUT2D eigenvalue weighted by Crippen LogP contribution is -2.40. The van der Waals surface area contributed by atoms with Crippen molar-refractivity contribution in [3.05, 3.63) is 46.8 Å². The van der Waals surface area contributed by atoms with Crippen LogP contribution in [0.3, 0.4) is 0 Å². The molecule has 0 unspecified atom stereocenters. The molecule has 1 aliphatic heterocycles. The number of oxazole rings is 1. The van der Waals surface area contributed by atoms with Crippen LogP contribution in [0.4, 0.5) is 11.8 Å². The summed E-state index contributed by atoms with van der Waals surface area (Å²) in [6.07, 6.45) is 0. The van der Waals surface area contributed by atoms with Crippen LogP contribution in [-0.2, 0) is 10.2 Å². The molecule has 114 valence electrons. The fourth-order valence-electron chi connectivity index (χ4n) is 3.94. The molecule has 0 fully saturated rings. The molecule has 0 saturated heterocycles. The van der Waals surface area contributed by atoms with Crippen molar-refractivity contribution >= 4 is 17.7 Å². The van der Waals surface area contributed by atoms with E-state index < -0.39 is 5.41 Å². The number of aryl methyl sites for hydroxylation is 1. The number of nitrogen functional groups attached to an aromatic ring is 1. The Bertz CT molecular complexity index is 1000. The van der Waals surface area contributed by atoms with E-state index in [-0.39, 0.29) is 11.9 Å². The third-order valence-corrected chi connectivity index (χ3v) is 4.82. The smallest absolute Gasteiger partial charge is 0.292 e. The maximum Gasteiger partial charge on any atom is 0.292 e. The summed E-state index contributed by atoms with van der Waals surface area (Å²) in [5, 5.41) is 7.27. The second kappa shape index (κ2) is 3.62. The number of nitrogens with two attached hydrogens (primary N) is 1. The summed E-state index contributed by atoms with van der Waals surface area (Å²) >= 11 is 0. The Morgan fingerprint density at radius 1 is 1.35 bits per heavy atom. The minimum absolute atomic E-state index is 0.0638. The van der Waals surface area contributed by atoms with Crippen LogP contribution in [-0.4, -0.2) is 28.1 Å². The lowest BCUT2D eigenvalue weighted by Gasteiger charge is -2.24. The topological polar surface area (TPSA) is 101 Å². The molecule has 7 heteroatoms. The number of H-pyrrole nitrogens is 1. The first kappa shape index (κ1) is 12.5. The van der Waals surface area contributed by atoms with E-state index >= 15 is 0 Å². The monoisotopic (exact) mass is 307 g/mol. The zero-order chi connectivity index (χ0) is 15.9.